The Labute approximate surface area is 156 Å². The molecule has 8 heteroatoms. The van der Waals surface area contributed by atoms with Crippen LogP contribution in [0, 0.1) is 0 Å². The second-order valence-corrected chi connectivity index (χ2v) is 8.73. The van der Waals surface area contributed by atoms with Gasteiger partial charge in [-0.2, -0.15) is 15.6 Å². The van der Waals surface area contributed by atoms with E-state index in [1.54, 1.807) is 34.4 Å². The third-order valence-electron chi connectivity index (χ3n) is 3.95. The summed E-state index contributed by atoms with van der Waals surface area (Å²) >= 11 is 7.46. The molecule has 25 heavy (non-hydrogen) atoms. The molecule has 1 aromatic heterocycles. The number of halogens is 1. The maximum Gasteiger partial charge on any atom is 0.246 e. The summed E-state index contributed by atoms with van der Waals surface area (Å²) in [7, 11) is -3.59. The summed E-state index contributed by atoms with van der Waals surface area (Å²) in [6.45, 7) is 1.28. The van der Waals surface area contributed by atoms with Gasteiger partial charge in [0.1, 0.15) is 0 Å². The number of nitrogens with zero attached hydrogens (tertiary/aromatic N) is 2. The van der Waals surface area contributed by atoms with Gasteiger partial charge in [-0.15, -0.1) is 0 Å². The first-order valence-corrected chi connectivity index (χ1v) is 10.5. The van der Waals surface area contributed by atoms with E-state index in [-0.39, 0.29) is 23.9 Å². The van der Waals surface area contributed by atoms with Crippen LogP contribution in [0.2, 0.25) is 5.02 Å². The summed E-state index contributed by atoms with van der Waals surface area (Å²) in [5.41, 5.74) is 0.987. The zero-order valence-corrected chi connectivity index (χ0v) is 15.7. The molecule has 0 N–H and O–H groups in total. The Hall–Kier alpha value is -1.67. The van der Waals surface area contributed by atoms with E-state index >= 15 is 0 Å². The van der Waals surface area contributed by atoms with Gasteiger partial charge in [0.25, 0.3) is 0 Å². The molecule has 0 unspecified atom stereocenters. The van der Waals surface area contributed by atoms with Gasteiger partial charge in [0, 0.05) is 37.3 Å². The lowest BCUT2D eigenvalue weighted by molar-refractivity contribution is -0.127. The van der Waals surface area contributed by atoms with Gasteiger partial charge in [-0.3, -0.25) is 4.79 Å². The van der Waals surface area contributed by atoms with E-state index in [4.69, 9.17) is 11.6 Å². The number of piperazine rings is 1. The highest BCUT2D eigenvalue weighted by atomic mass is 35.5. The summed E-state index contributed by atoms with van der Waals surface area (Å²) in [5, 5.41) is 4.29. The molecule has 1 aliphatic rings. The van der Waals surface area contributed by atoms with E-state index < -0.39 is 10.0 Å². The minimum Gasteiger partial charge on any atom is -0.337 e. The van der Waals surface area contributed by atoms with Gasteiger partial charge in [-0.05, 0) is 46.7 Å². The van der Waals surface area contributed by atoms with Crippen molar-refractivity contribution in [2.75, 3.05) is 26.2 Å². The van der Waals surface area contributed by atoms with Crippen LogP contribution >= 0.6 is 22.9 Å². The first-order chi connectivity index (χ1) is 12.0. The minimum absolute atomic E-state index is 0.106. The summed E-state index contributed by atoms with van der Waals surface area (Å²) in [6.07, 6.45) is 3.30. The molecule has 3 rings (SSSR count). The molecule has 132 valence electrons. The molecule has 1 amide bonds. The van der Waals surface area contributed by atoms with Crippen LogP contribution in [0.4, 0.5) is 0 Å². The van der Waals surface area contributed by atoms with Crippen molar-refractivity contribution < 1.29 is 13.2 Å². The van der Waals surface area contributed by atoms with Crippen molar-refractivity contribution in [3.05, 3.63) is 57.8 Å². The van der Waals surface area contributed by atoms with Crippen molar-refractivity contribution in [3.8, 4) is 0 Å². The van der Waals surface area contributed by atoms with Crippen LogP contribution in [0.15, 0.2) is 52.1 Å². The van der Waals surface area contributed by atoms with Gasteiger partial charge in [0.2, 0.25) is 15.9 Å². The smallest absolute Gasteiger partial charge is 0.246 e. The Morgan fingerprint density at radius 2 is 1.92 bits per heavy atom. The standard InChI is InChI=1S/C17H17ClN2O3S2/c18-15-2-1-3-16(12-15)25(22,23)20-9-7-19(8-10-20)17(21)5-4-14-6-11-24-13-14/h1-6,11-13H,7-10H2. The van der Waals surface area contributed by atoms with Crippen LogP contribution in [0.1, 0.15) is 5.56 Å². The fourth-order valence-electron chi connectivity index (χ4n) is 2.57. The number of carbonyl (C=O) groups is 1. The van der Waals surface area contributed by atoms with E-state index in [0.717, 1.165) is 5.56 Å². The largest absolute Gasteiger partial charge is 0.337 e. The summed E-state index contributed by atoms with van der Waals surface area (Å²) in [6, 6.07) is 8.16. The Kier molecular flexibility index (Phi) is 5.58. The Morgan fingerprint density at radius 3 is 2.56 bits per heavy atom. The zero-order valence-electron chi connectivity index (χ0n) is 13.3. The highest BCUT2D eigenvalue weighted by Gasteiger charge is 2.29. The highest BCUT2D eigenvalue weighted by Crippen LogP contribution is 2.21. The fraction of sp³-hybridized carbons (Fsp3) is 0.235. The van der Waals surface area contributed by atoms with E-state index in [9.17, 15) is 13.2 Å². The highest BCUT2D eigenvalue weighted by molar-refractivity contribution is 7.89. The molecule has 2 aromatic rings. The molecule has 0 radical (unpaired) electrons. The zero-order chi connectivity index (χ0) is 17.9. The van der Waals surface area contributed by atoms with E-state index in [0.29, 0.717) is 18.1 Å². The number of benzene rings is 1. The maximum atomic E-state index is 12.6. The van der Waals surface area contributed by atoms with Crippen molar-refractivity contribution in [1.29, 1.82) is 0 Å². The molecule has 0 saturated carbocycles. The predicted molar refractivity (Wildman–Crippen MR) is 100 cm³/mol. The van der Waals surface area contributed by atoms with Crippen molar-refractivity contribution in [2.45, 2.75) is 4.90 Å². The number of thiophene rings is 1. The number of hydrogen-bond donors (Lipinski definition) is 0. The fourth-order valence-corrected chi connectivity index (χ4v) is 4.92. The lowest BCUT2D eigenvalue weighted by Crippen LogP contribution is -2.50. The third kappa shape index (κ3) is 4.30. The van der Waals surface area contributed by atoms with Gasteiger partial charge < -0.3 is 4.90 Å². The molecule has 0 spiro atoms. The number of sulfonamides is 1. The average Bonchev–Trinajstić information content (AvgIpc) is 3.13. The van der Waals surface area contributed by atoms with Crippen molar-refractivity contribution in [3.63, 3.8) is 0 Å². The molecule has 0 atom stereocenters. The number of rotatable bonds is 4. The maximum absolute atomic E-state index is 12.6. The van der Waals surface area contributed by atoms with Gasteiger partial charge in [-0.1, -0.05) is 17.7 Å². The topological polar surface area (TPSA) is 57.7 Å². The van der Waals surface area contributed by atoms with Gasteiger partial charge in [0.05, 0.1) is 4.90 Å². The molecule has 5 nitrogen and oxygen atoms in total. The van der Waals surface area contributed by atoms with Crippen LogP contribution in [0.3, 0.4) is 0 Å². The van der Waals surface area contributed by atoms with Crippen LogP contribution in [-0.4, -0.2) is 49.7 Å². The normalized spacial score (nSPS) is 16.4. The Balaban J connectivity index is 1.62. The lowest BCUT2D eigenvalue weighted by Gasteiger charge is -2.33. The van der Waals surface area contributed by atoms with Gasteiger partial charge in [-0.25, -0.2) is 8.42 Å². The first-order valence-electron chi connectivity index (χ1n) is 7.72. The van der Waals surface area contributed by atoms with Crippen molar-refractivity contribution in [2.24, 2.45) is 0 Å². The third-order valence-corrected chi connectivity index (χ3v) is 6.78. The van der Waals surface area contributed by atoms with E-state index in [2.05, 4.69) is 0 Å². The summed E-state index contributed by atoms with van der Waals surface area (Å²) < 4.78 is 26.7. The van der Waals surface area contributed by atoms with E-state index in [1.807, 2.05) is 16.8 Å². The van der Waals surface area contributed by atoms with Crippen LogP contribution in [0.5, 0.6) is 0 Å². The summed E-state index contributed by atoms with van der Waals surface area (Å²) in [4.78, 5) is 14.1. The van der Waals surface area contributed by atoms with Crippen LogP contribution < -0.4 is 0 Å². The van der Waals surface area contributed by atoms with Gasteiger partial charge >= 0.3 is 0 Å². The van der Waals surface area contributed by atoms with Crippen molar-refractivity contribution >= 4 is 44.9 Å². The molecule has 1 saturated heterocycles. The average molecular weight is 397 g/mol. The quantitative estimate of drug-likeness (QED) is 0.746. The van der Waals surface area contributed by atoms with Crippen molar-refractivity contribution in [1.82, 2.24) is 9.21 Å². The van der Waals surface area contributed by atoms with Crippen LogP contribution in [-0.2, 0) is 14.8 Å². The molecule has 0 bridgehead atoms. The SMILES string of the molecule is O=C(C=Cc1ccsc1)N1CCN(S(=O)(=O)c2cccc(Cl)c2)CC1. The molecular weight excluding hydrogens is 380 g/mol. The molecular formula is C17H17ClN2O3S2. The summed E-state index contributed by atoms with van der Waals surface area (Å²) in [5.74, 6) is -0.106. The number of carbonyl (C=O) groups excluding carboxylic acids is 1. The molecule has 1 aromatic carbocycles. The first kappa shape index (κ1) is 18.1. The monoisotopic (exact) mass is 396 g/mol. The molecule has 1 fully saturated rings. The van der Waals surface area contributed by atoms with E-state index in [1.165, 1.54) is 22.5 Å². The predicted octanol–water partition coefficient (Wildman–Crippen LogP) is 2.95. The number of hydrogen-bond acceptors (Lipinski definition) is 4. The Bertz CT molecular complexity index is 871. The second-order valence-electron chi connectivity index (χ2n) is 5.58. The van der Waals surface area contributed by atoms with Gasteiger partial charge in [0.15, 0.2) is 0 Å². The Morgan fingerprint density at radius 1 is 1.16 bits per heavy atom. The molecule has 1 aliphatic heterocycles. The molecule has 0 aliphatic carbocycles. The van der Waals surface area contributed by atoms with Crippen LogP contribution in [0.25, 0.3) is 6.08 Å². The molecule has 2 heterocycles. The number of amides is 1. The minimum atomic E-state index is -3.59. The lowest BCUT2D eigenvalue weighted by atomic mass is 10.3. The second kappa shape index (κ2) is 7.70.